The summed E-state index contributed by atoms with van der Waals surface area (Å²) in [4.78, 5) is 36.0. The molecule has 260 valence electrons. The van der Waals surface area contributed by atoms with Crippen molar-refractivity contribution in [3.8, 4) is 34.2 Å². The number of halogens is 3. The number of hydrogen-bond acceptors (Lipinski definition) is 7. The predicted octanol–water partition coefficient (Wildman–Crippen LogP) is 5.96. The summed E-state index contributed by atoms with van der Waals surface area (Å²) in [6.07, 6.45) is 6.02. The van der Waals surface area contributed by atoms with Gasteiger partial charge in [-0.3, -0.25) is 9.59 Å². The fourth-order valence-corrected chi connectivity index (χ4v) is 6.47. The normalized spacial score (nSPS) is 15.7. The number of pyridine rings is 2. The number of nitrogens with two attached hydrogens (primary N) is 1. The molecule has 10 nitrogen and oxygen atoms in total. The number of likely N-dealkylation sites (tertiary alicyclic amines) is 1. The maximum atomic E-state index is 14.2. The molecule has 50 heavy (non-hydrogen) atoms. The number of nitrogen functional groups attached to an aromatic ring is 1. The summed E-state index contributed by atoms with van der Waals surface area (Å²) in [6.45, 7) is 7.03. The molecule has 1 saturated carbocycles. The summed E-state index contributed by atoms with van der Waals surface area (Å²) >= 11 is 6.66. The Hall–Kier alpha value is -4.83. The number of hydrogen-bond donors (Lipinski definition) is 3. The topological polar surface area (TPSA) is 127 Å². The number of piperidine rings is 1. The number of aromatic nitrogens is 3. The number of anilines is 2. The van der Waals surface area contributed by atoms with E-state index in [-0.39, 0.29) is 35.8 Å². The van der Waals surface area contributed by atoms with E-state index in [9.17, 15) is 18.4 Å². The van der Waals surface area contributed by atoms with Crippen molar-refractivity contribution >= 4 is 45.8 Å². The molecule has 1 aliphatic heterocycles. The van der Waals surface area contributed by atoms with Gasteiger partial charge in [0.05, 0.1) is 39.8 Å². The first-order valence-electron chi connectivity index (χ1n) is 16.3. The summed E-state index contributed by atoms with van der Waals surface area (Å²) in [5.74, 6) is 4.00. The van der Waals surface area contributed by atoms with E-state index in [2.05, 4.69) is 51.0 Å². The summed E-state index contributed by atoms with van der Waals surface area (Å²) < 4.78 is 35.6. The maximum Gasteiger partial charge on any atom is 0.283 e. The monoisotopic (exact) mass is 701 g/mol. The molecule has 13 heteroatoms. The van der Waals surface area contributed by atoms with Gasteiger partial charge in [-0.1, -0.05) is 36.1 Å². The first kappa shape index (κ1) is 35.0. The molecule has 2 amide bonds. The minimum atomic E-state index is -1.37. The van der Waals surface area contributed by atoms with E-state index < -0.39 is 23.3 Å². The molecule has 0 unspecified atom stereocenters. The van der Waals surface area contributed by atoms with E-state index in [1.165, 1.54) is 6.20 Å². The van der Waals surface area contributed by atoms with E-state index in [4.69, 9.17) is 22.1 Å². The van der Waals surface area contributed by atoms with Crippen molar-refractivity contribution in [2.45, 2.75) is 44.4 Å². The first-order chi connectivity index (χ1) is 23.8. The first-order valence-corrected chi connectivity index (χ1v) is 16.7. The molecule has 0 atom stereocenters. The van der Waals surface area contributed by atoms with Crippen LogP contribution in [0.15, 0.2) is 49.1 Å². The molecule has 0 bridgehead atoms. The van der Waals surface area contributed by atoms with Crippen molar-refractivity contribution in [2.24, 2.45) is 7.05 Å². The molecule has 6 rings (SSSR count). The van der Waals surface area contributed by atoms with E-state index in [0.717, 1.165) is 37.1 Å². The van der Waals surface area contributed by atoms with Crippen molar-refractivity contribution in [2.75, 3.05) is 44.3 Å². The Morgan fingerprint density at radius 3 is 2.58 bits per heavy atom. The fourth-order valence-electron chi connectivity index (χ4n) is 6.22. The van der Waals surface area contributed by atoms with Gasteiger partial charge in [0, 0.05) is 54.9 Å². The van der Waals surface area contributed by atoms with Crippen LogP contribution in [0.3, 0.4) is 0 Å². The van der Waals surface area contributed by atoms with E-state index in [0.29, 0.717) is 51.8 Å². The van der Waals surface area contributed by atoms with Gasteiger partial charge in [0.15, 0.2) is 5.83 Å². The molecule has 4 N–H and O–H groups in total. The van der Waals surface area contributed by atoms with Crippen molar-refractivity contribution in [1.82, 2.24) is 24.8 Å². The van der Waals surface area contributed by atoms with Gasteiger partial charge in [-0.15, -0.1) is 0 Å². The van der Waals surface area contributed by atoms with Gasteiger partial charge >= 0.3 is 0 Å². The van der Waals surface area contributed by atoms with Crippen LogP contribution < -0.4 is 16.4 Å². The zero-order chi connectivity index (χ0) is 35.7. The zero-order valence-electron chi connectivity index (χ0n) is 28.1. The number of ether oxygens (including phenoxy) is 1. The Bertz CT molecular complexity index is 2070. The van der Waals surface area contributed by atoms with Crippen LogP contribution in [0.2, 0.25) is 5.02 Å². The largest absolute Gasteiger partial charge is 0.383 e. The average Bonchev–Trinajstić information content (AvgIpc) is 3.74. The van der Waals surface area contributed by atoms with Gasteiger partial charge in [0.25, 0.3) is 11.8 Å². The molecule has 0 radical (unpaired) electrons. The number of fused-ring (bicyclic) bond motifs is 1. The summed E-state index contributed by atoms with van der Waals surface area (Å²) in [7, 11) is 3.98. The third-order valence-electron chi connectivity index (χ3n) is 9.21. The molecule has 0 spiro atoms. The fraction of sp³-hybridized carbons (Fsp3) is 0.351. The van der Waals surface area contributed by atoms with Gasteiger partial charge in [0.1, 0.15) is 23.8 Å². The molecule has 4 heterocycles. The van der Waals surface area contributed by atoms with Crippen LogP contribution in [-0.2, 0) is 16.6 Å². The lowest BCUT2D eigenvalue weighted by Crippen LogP contribution is -2.34. The quantitative estimate of drug-likeness (QED) is 0.145. The standard InChI is InChI=1S/C37H38ClF2N7O3/c1-21-16-25(45-35(48)22(2)39)7-8-27(21)33-29(24-17-28(38)31(42-19-24)36(49)44-20-37(40)11-12-37)30-32(47(33)4)23(18-43-34(30)41)6-5-15-50-26-9-13-46(3)14-10-26/h7-8,16-19,26H,2,9-15,20H2,1,3-4H3,(H2,41,43)(H,44,49)(H,45,48). The van der Waals surface area contributed by atoms with E-state index >= 15 is 0 Å². The highest BCUT2D eigenvalue weighted by Crippen LogP contribution is 2.45. The second-order valence-corrected chi connectivity index (χ2v) is 13.4. The van der Waals surface area contributed by atoms with Crippen LogP contribution in [0, 0.1) is 18.8 Å². The van der Waals surface area contributed by atoms with Crippen LogP contribution in [0.1, 0.15) is 47.3 Å². The Morgan fingerprint density at radius 2 is 1.92 bits per heavy atom. The number of amides is 2. The van der Waals surface area contributed by atoms with Crippen LogP contribution in [-0.4, -0.2) is 76.3 Å². The predicted molar refractivity (Wildman–Crippen MR) is 191 cm³/mol. The SMILES string of the molecule is C=C(F)C(=O)Nc1ccc(-c2c(-c3cnc(C(=O)NCC4(F)CC4)c(Cl)c3)c3c(N)ncc(C#CCOC4CCN(C)CC4)c3n2C)c(C)c1. The zero-order valence-corrected chi connectivity index (χ0v) is 28.9. The molecule has 1 saturated heterocycles. The lowest BCUT2D eigenvalue weighted by atomic mass is 9.96. The Labute approximate surface area is 294 Å². The van der Waals surface area contributed by atoms with Gasteiger partial charge in [-0.25, -0.2) is 18.7 Å². The summed E-state index contributed by atoms with van der Waals surface area (Å²) in [5.41, 5.74) is 10.3. The molecule has 1 aliphatic carbocycles. The smallest absolute Gasteiger partial charge is 0.283 e. The number of alkyl halides is 1. The molecule has 1 aromatic carbocycles. The molecular formula is C37H38ClF2N7O3. The number of aryl methyl sites for hydroxylation is 2. The number of benzene rings is 1. The minimum Gasteiger partial charge on any atom is -0.383 e. The van der Waals surface area contributed by atoms with Crippen LogP contribution in [0.4, 0.5) is 20.3 Å². The van der Waals surface area contributed by atoms with Crippen molar-refractivity contribution in [3.63, 3.8) is 0 Å². The molecule has 2 aliphatic rings. The number of nitrogens with zero attached hydrogens (tertiary/aromatic N) is 4. The lowest BCUT2D eigenvalue weighted by molar-refractivity contribution is -0.114. The third-order valence-corrected chi connectivity index (χ3v) is 9.50. The maximum absolute atomic E-state index is 14.2. The van der Waals surface area contributed by atoms with Crippen molar-refractivity contribution < 1.29 is 23.1 Å². The number of carbonyl (C=O) groups excluding carboxylic acids is 2. The minimum absolute atomic E-state index is 0.0329. The summed E-state index contributed by atoms with van der Waals surface area (Å²) in [6, 6.07) is 6.80. The Kier molecular flexibility index (Phi) is 9.94. The number of rotatable bonds is 9. The summed E-state index contributed by atoms with van der Waals surface area (Å²) in [5, 5.41) is 5.75. The number of carbonyl (C=O) groups is 2. The highest BCUT2D eigenvalue weighted by Gasteiger charge is 2.43. The third kappa shape index (κ3) is 7.35. The second kappa shape index (κ2) is 14.2. The van der Waals surface area contributed by atoms with Crippen molar-refractivity contribution in [3.05, 3.63) is 70.9 Å². The Morgan fingerprint density at radius 1 is 1.18 bits per heavy atom. The van der Waals surface area contributed by atoms with Crippen LogP contribution in [0.25, 0.3) is 33.3 Å². The van der Waals surface area contributed by atoms with Crippen LogP contribution >= 0.6 is 11.6 Å². The molecular weight excluding hydrogens is 664 g/mol. The van der Waals surface area contributed by atoms with E-state index in [1.54, 1.807) is 30.5 Å². The average molecular weight is 702 g/mol. The Balaban J connectivity index is 1.44. The molecule has 4 aromatic rings. The highest BCUT2D eigenvalue weighted by molar-refractivity contribution is 6.34. The second-order valence-electron chi connectivity index (χ2n) is 13.0. The molecule has 3 aromatic heterocycles. The van der Waals surface area contributed by atoms with Gasteiger partial charge < -0.3 is 30.6 Å². The van der Waals surface area contributed by atoms with Crippen molar-refractivity contribution in [1.29, 1.82) is 0 Å². The molecule has 2 fully saturated rings. The number of nitrogens with one attached hydrogen (secondary N) is 2. The highest BCUT2D eigenvalue weighted by atomic mass is 35.5. The van der Waals surface area contributed by atoms with Gasteiger partial charge in [-0.05, 0) is 63.4 Å². The lowest BCUT2D eigenvalue weighted by Gasteiger charge is -2.28. The van der Waals surface area contributed by atoms with E-state index in [1.807, 2.05) is 18.5 Å². The van der Waals surface area contributed by atoms with Gasteiger partial charge in [-0.2, -0.15) is 0 Å². The van der Waals surface area contributed by atoms with Gasteiger partial charge in [0.2, 0.25) is 0 Å². The van der Waals surface area contributed by atoms with Crippen LogP contribution in [0.5, 0.6) is 0 Å².